The highest BCUT2D eigenvalue weighted by Crippen LogP contribution is 2.20. The van der Waals surface area contributed by atoms with E-state index in [-0.39, 0.29) is 11.9 Å². The van der Waals surface area contributed by atoms with E-state index >= 15 is 0 Å². The Kier molecular flexibility index (Phi) is 3.54. The molecule has 0 radical (unpaired) electrons. The van der Waals surface area contributed by atoms with E-state index in [0.29, 0.717) is 6.54 Å². The normalized spacial score (nSPS) is 12.6. The zero-order valence-corrected chi connectivity index (χ0v) is 9.81. The van der Waals surface area contributed by atoms with Crippen molar-refractivity contribution in [3.63, 3.8) is 0 Å². The smallest absolute Gasteiger partial charge is 0.123 e. The van der Waals surface area contributed by atoms with Gasteiger partial charge < -0.3 is 10.3 Å². The van der Waals surface area contributed by atoms with Crippen molar-refractivity contribution in [2.75, 3.05) is 0 Å². The number of nitrogens with two attached hydrogens (primary N) is 1. The zero-order chi connectivity index (χ0) is 12.3. The van der Waals surface area contributed by atoms with Crippen LogP contribution >= 0.6 is 0 Å². The maximum absolute atomic E-state index is 13.2. The van der Waals surface area contributed by atoms with Crippen molar-refractivity contribution >= 4 is 0 Å². The number of imidazole rings is 1. The molecule has 2 N–H and O–H groups in total. The topological polar surface area (TPSA) is 43.8 Å². The lowest BCUT2D eigenvalue weighted by Gasteiger charge is -2.12. The fourth-order valence-electron chi connectivity index (χ4n) is 1.74. The van der Waals surface area contributed by atoms with E-state index < -0.39 is 0 Å². The molecule has 4 heteroatoms. The van der Waals surface area contributed by atoms with Gasteiger partial charge in [-0.1, -0.05) is 19.1 Å². The van der Waals surface area contributed by atoms with Crippen LogP contribution in [-0.2, 0) is 6.54 Å². The summed E-state index contributed by atoms with van der Waals surface area (Å²) in [7, 11) is 0. The van der Waals surface area contributed by atoms with Crippen LogP contribution in [0.5, 0.6) is 0 Å². The monoisotopic (exact) mass is 233 g/mol. The summed E-state index contributed by atoms with van der Waals surface area (Å²) in [5.74, 6) is -0.241. The maximum Gasteiger partial charge on any atom is 0.123 e. The van der Waals surface area contributed by atoms with Crippen LogP contribution in [0, 0.1) is 5.82 Å². The molecule has 0 saturated carbocycles. The summed E-state index contributed by atoms with van der Waals surface area (Å²) >= 11 is 0. The van der Waals surface area contributed by atoms with Crippen molar-refractivity contribution in [2.24, 2.45) is 5.73 Å². The van der Waals surface area contributed by atoms with Gasteiger partial charge in [-0.25, -0.2) is 9.37 Å². The quantitative estimate of drug-likeness (QED) is 0.881. The lowest BCUT2D eigenvalue weighted by atomic mass is 10.1. The Morgan fingerprint density at radius 3 is 3.00 bits per heavy atom. The Labute approximate surface area is 100 Å². The van der Waals surface area contributed by atoms with Crippen molar-refractivity contribution in [2.45, 2.75) is 25.9 Å². The van der Waals surface area contributed by atoms with Gasteiger partial charge in [-0.2, -0.15) is 0 Å². The van der Waals surface area contributed by atoms with Gasteiger partial charge in [0, 0.05) is 18.2 Å². The van der Waals surface area contributed by atoms with Crippen molar-refractivity contribution < 1.29 is 4.39 Å². The summed E-state index contributed by atoms with van der Waals surface area (Å²) in [6.07, 6.45) is 4.37. The first-order valence-corrected chi connectivity index (χ1v) is 5.72. The van der Waals surface area contributed by atoms with Gasteiger partial charge in [0.1, 0.15) is 5.82 Å². The van der Waals surface area contributed by atoms with Gasteiger partial charge in [-0.3, -0.25) is 0 Å². The first-order valence-electron chi connectivity index (χ1n) is 5.72. The number of halogens is 1. The summed E-state index contributed by atoms with van der Waals surface area (Å²) in [6.45, 7) is 2.74. The standard InChI is InChI=1S/C13H16FN3/c1-2-12(15)8-17-9-16-7-13(17)10-4-3-5-11(14)6-10/h3-7,9,12H,2,8,15H2,1H3. The highest BCUT2D eigenvalue weighted by Gasteiger charge is 2.08. The molecule has 90 valence electrons. The molecule has 0 saturated heterocycles. The molecule has 3 nitrogen and oxygen atoms in total. The summed E-state index contributed by atoms with van der Waals surface area (Å²) in [5, 5.41) is 0. The van der Waals surface area contributed by atoms with Crippen LogP contribution in [-0.4, -0.2) is 15.6 Å². The Hall–Kier alpha value is -1.68. The van der Waals surface area contributed by atoms with Crippen molar-refractivity contribution in [1.29, 1.82) is 0 Å². The van der Waals surface area contributed by atoms with Crippen molar-refractivity contribution in [3.8, 4) is 11.3 Å². The average Bonchev–Trinajstić information content (AvgIpc) is 2.77. The van der Waals surface area contributed by atoms with Crippen LogP contribution in [0.3, 0.4) is 0 Å². The third kappa shape index (κ3) is 2.71. The lowest BCUT2D eigenvalue weighted by Crippen LogP contribution is -2.25. The van der Waals surface area contributed by atoms with Gasteiger partial charge in [0.05, 0.1) is 18.2 Å². The van der Waals surface area contributed by atoms with E-state index in [9.17, 15) is 4.39 Å². The zero-order valence-electron chi connectivity index (χ0n) is 9.81. The molecule has 0 bridgehead atoms. The molecule has 1 heterocycles. The van der Waals surface area contributed by atoms with Gasteiger partial charge in [0.15, 0.2) is 0 Å². The van der Waals surface area contributed by atoms with E-state index in [0.717, 1.165) is 17.7 Å². The molecule has 0 aliphatic carbocycles. The Balaban J connectivity index is 2.30. The summed E-state index contributed by atoms with van der Waals surface area (Å²) in [6, 6.07) is 6.60. The van der Waals surface area contributed by atoms with E-state index in [1.165, 1.54) is 12.1 Å². The minimum atomic E-state index is -0.241. The summed E-state index contributed by atoms with van der Waals surface area (Å²) < 4.78 is 15.1. The molecular formula is C13H16FN3. The molecule has 1 aromatic heterocycles. The van der Waals surface area contributed by atoms with Crippen molar-refractivity contribution in [3.05, 3.63) is 42.6 Å². The van der Waals surface area contributed by atoms with Crippen LogP contribution in [0.25, 0.3) is 11.3 Å². The third-order valence-electron chi connectivity index (χ3n) is 2.79. The molecular weight excluding hydrogens is 217 g/mol. The minimum Gasteiger partial charge on any atom is -0.329 e. The van der Waals surface area contributed by atoms with E-state index in [4.69, 9.17) is 5.73 Å². The number of aromatic nitrogens is 2. The predicted octanol–water partition coefficient (Wildman–Crippen LogP) is 2.43. The fourth-order valence-corrected chi connectivity index (χ4v) is 1.74. The number of nitrogens with zero attached hydrogens (tertiary/aromatic N) is 2. The fraction of sp³-hybridized carbons (Fsp3) is 0.308. The van der Waals surface area contributed by atoms with Gasteiger partial charge in [-0.05, 0) is 18.6 Å². The largest absolute Gasteiger partial charge is 0.329 e. The summed E-state index contributed by atoms with van der Waals surface area (Å²) in [4.78, 5) is 4.10. The Bertz CT molecular complexity index is 493. The number of rotatable bonds is 4. The number of hydrogen-bond donors (Lipinski definition) is 1. The average molecular weight is 233 g/mol. The third-order valence-corrected chi connectivity index (χ3v) is 2.79. The highest BCUT2D eigenvalue weighted by molar-refractivity contribution is 5.58. The van der Waals surface area contributed by atoms with Crippen LogP contribution in [0.2, 0.25) is 0 Å². The van der Waals surface area contributed by atoms with Crippen molar-refractivity contribution in [1.82, 2.24) is 9.55 Å². The Morgan fingerprint density at radius 1 is 1.47 bits per heavy atom. The van der Waals surface area contributed by atoms with E-state index in [1.54, 1.807) is 18.6 Å². The summed E-state index contributed by atoms with van der Waals surface area (Å²) in [5.41, 5.74) is 7.64. The van der Waals surface area contributed by atoms with Gasteiger partial charge >= 0.3 is 0 Å². The van der Waals surface area contributed by atoms with Crippen LogP contribution in [0.15, 0.2) is 36.8 Å². The molecule has 0 spiro atoms. The molecule has 0 aliphatic rings. The lowest BCUT2D eigenvalue weighted by molar-refractivity contribution is 0.541. The maximum atomic E-state index is 13.2. The van der Waals surface area contributed by atoms with E-state index in [2.05, 4.69) is 4.98 Å². The molecule has 1 atom stereocenters. The predicted molar refractivity (Wildman–Crippen MR) is 65.9 cm³/mol. The van der Waals surface area contributed by atoms with Crippen LogP contribution < -0.4 is 5.73 Å². The number of hydrogen-bond acceptors (Lipinski definition) is 2. The molecule has 0 amide bonds. The minimum absolute atomic E-state index is 0.0940. The van der Waals surface area contributed by atoms with Gasteiger partial charge in [0.2, 0.25) is 0 Å². The first kappa shape index (κ1) is 11.8. The van der Waals surface area contributed by atoms with Gasteiger partial charge in [0.25, 0.3) is 0 Å². The highest BCUT2D eigenvalue weighted by atomic mass is 19.1. The Morgan fingerprint density at radius 2 is 2.29 bits per heavy atom. The van der Waals surface area contributed by atoms with Crippen LogP contribution in [0.1, 0.15) is 13.3 Å². The molecule has 0 aliphatic heterocycles. The molecule has 1 aromatic carbocycles. The second kappa shape index (κ2) is 5.10. The van der Waals surface area contributed by atoms with E-state index in [1.807, 2.05) is 17.6 Å². The molecule has 2 aromatic rings. The SMILES string of the molecule is CCC(N)Cn1cncc1-c1cccc(F)c1. The molecule has 0 fully saturated rings. The van der Waals surface area contributed by atoms with Gasteiger partial charge in [-0.15, -0.1) is 0 Å². The van der Waals surface area contributed by atoms with Crippen LogP contribution in [0.4, 0.5) is 4.39 Å². The first-order chi connectivity index (χ1) is 8.20. The molecule has 2 rings (SSSR count). The molecule has 1 unspecified atom stereocenters. The number of benzene rings is 1. The second-order valence-corrected chi connectivity index (χ2v) is 4.11. The second-order valence-electron chi connectivity index (χ2n) is 4.11. The molecule has 17 heavy (non-hydrogen) atoms.